The molecule has 1 unspecified atom stereocenters. The van der Waals surface area contributed by atoms with E-state index in [9.17, 15) is 8.78 Å². The molecule has 1 aliphatic heterocycles. The molecular formula is C16H15F2NO2. The number of halogens is 2. The minimum atomic E-state index is -0.400. The summed E-state index contributed by atoms with van der Waals surface area (Å²) < 4.78 is 37.1. The summed E-state index contributed by atoms with van der Waals surface area (Å²) in [4.78, 5) is 0. The first-order valence-corrected chi connectivity index (χ1v) is 6.68. The molecule has 1 N–H and O–H groups in total. The van der Waals surface area contributed by atoms with Crippen LogP contribution in [0.1, 0.15) is 5.56 Å². The molecule has 0 aromatic heterocycles. The number of anilines is 1. The molecule has 0 radical (unpaired) electrons. The molecule has 2 aromatic carbocycles. The van der Waals surface area contributed by atoms with Crippen molar-refractivity contribution in [2.45, 2.75) is 12.5 Å². The molecule has 0 amide bonds. The third kappa shape index (κ3) is 2.91. The molecule has 2 aromatic rings. The molecule has 0 aliphatic carbocycles. The van der Waals surface area contributed by atoms with E-state index in [4.69, 9.17) is 9.47 Å². The maximum absolute atomic E-state index is 13.3. The van der Waals surface area contributed by atoms with Crippen LogP contribution in [0.2, 0.25) is 0 Å². The Balaban J connectivity index is 1.62. The molecule has 3 rings (SSSR count). The predicted molar refractivity (Wildman–Crippen MR) is 76.0 cm³/mol. The van der Waals surface area contributed by atoms with Crippen molar-refractivity contribution in [1.82, 2.24) is 0 Å². The van der Waals surface area contributed by atoms with E-state index < -0.39 is 5.82 Å². The second-order valence-corrected chi connectivity index (χ2v) is 4.93. The normalized spacial score (nSPS) is 16.2. The van der Waals surface area contributed by atoms with Gasteiger partial charge in [-0.1, -0.05) is 0 Å². The summed E-state index contributed by atoms with van der Waals surface area (Å²) in [6.07, 6.45) is 0.580. The average Bonchev–Trinajstić information content (AvgIpc) is 2.88. The van der Waals surface area contributed by atoms with Crippen LogP contribution in [0, 0.1) is 11.6 Å². The first-order valence-electron chi connectivity index (χ1n) is 6.68. The molecule has 1 heterocycles. The molecule has 0 bridgehead atoms. The molecule has 0 fully saturated rings. The smallest absolute Gasteiger partial charge is 0.165 e. The number of hydrogen-bond donors (Lipinski definition) is 1. The monoisotopic (exact) mass is 291 g/mol. The van der Waals surface area contributed by atoms with Crippen LogP contribution in [0.3, 0.4) is 0 Å². The van der Waals surface area contributed by atoms with E-state index in [1.54, 1.807) is 18.2 Å². The minimum absolute atomic E-state index is 0.0714. The van der Waals surface area contributed by atoms with Gasteiger partial charge in [-0.2, -0.15) is 0 Å². The molecule has 0 spiro atoms. The molecule has 21 heavy (non-hydrogen) atoms. The Morgan fingerprint density at radius 1 is 1.24 bits per heavy atom. The van der Waals surface area contributed by atoms with Gasteiger partial charge in [0.1, 0.15) is 17.7 Å². The van der Waals surface area contributed by atoms with Gasteiger partial charge >= 0.3 is 0 Å². The third-order valence-corrected chi connectivity index (χ3v) is 3.45. The highest BCUT2D eigenvalue weighted by atomic mass is 19.1. The van der Waals surface area contributed by atoms with E-state index >= 15 is 0 Å². The van der Waals surface area contributed by atoms with Crippen molar-refractivity contribution in [2.75, 3.05) is 19.0 Å². The van der Waals surface area contributed by atoms with Crippen molar-refractivity contribution in [2.24, 2.45) is 0 Å². The number of ether oxygens (including phenoxy) is 2. The molecule has 3 nitrogen and oxygen atoms in total. The predicted octanol–water partition coefficient (Wildman–Crippen LogP) is 3.39. The van der Waals surface area contributed by atoms with Gasteiger partial charge in [-0.05, 0) is 30.3 Å². The van der Waals surface area contributed by atoms with Crippen LogP contribution >= 0.6 is 0 Å². The number of nitrogens with one attached hydrogen (secondary N) is 1. The van der Waals surface area contributed by atoms with E-state index in [1.807, 2.05) is 0 Å². The Labute approximate surface area is 121 Å². The van der Waals surface area contributed by atoms with E-state index in [0.29, 0.717) is 13.0 Å². The fourth-order valence-corrected chi connectivity index (χ4v) is 2.40. The summed E-state index contributed by atoms with van der Waals surface area (Å²) in [6.45, 7) is 0.547. The summed E-state index contributed by atoms with van der Waals surface area (Å²) in [6, 6.07) is 9.11. The number of hydrogen-bond acceptors (Lipinski definition) is 3. The van der Waals surface area contributed by atoms with Crippen molar-refractivity contribution in [3.05, 3.63) is 53.6 Å². The fraction of sp³-hybridized carbons (Fsp3) is 0.250. The zero-order valence-corrected chi connectivity index (χ0v) is 11.5. The molecule has 110 valence electrons. The van der Waals surface area contributed by atoms with Gasteiger partial charge in [-0.15, -0.1) is 0 Å². The van der Waals surface area contributed by atoms with Gasteiger partial charge in [0.15, 0.2) is 11.6 Å². The quantitative estimate of drug-likeness (QED) is 0.936. The lowest BCUT2D eigenvalue weighted by molar-refractivity contribution is 0.246. The summed E-state index contributed by atoms with van der Waals surface area (Å²) >= 11 is 0. The standard InChI is InChI=1S/C16H15F2NO2/c1-20-16-8-12(3-4-14(16)18)19-9-13-7-10-6-11(17)2-5-15(10)21-13/h2-6,8,13,19H,7,9H2,1H3. The minimum Gasteiger partial charge on any atom is -0.494 e. The van der Waals surface area contributed by atoms with Crippen LogP contribution < -0.4 is 14.8 Å². The van der Waals surface area contributed by atoms with Crippen molar-refractivity contribution >= 4 is 5.69 Å². The summed E-state index contributed by atoms with van der Waals surface area (Å²) in [7, 11) is 1.42. The topological polar surface area (TPSA) is 30.5 Å². The van der Waals surface area contributed by atoms with Crippen LogP contribution in [0.25, 0.3) is 0 Å². The van der Waals surface area contributed by atoms with Crippen LogP contribution in [-0.2, 0) is 6.42 Å². The summed E-state index contributed by atoms with van der Waals surface area (Å²) in [5.41, 5.74) is 1.62. The average molecular weight is 291 g/mol. The zero-order valence-electron chi connectivity index (χ0n) is 11.5. The highest BCUT2D eigenvalue weighted by molar-refractivity contribution is 5.49. The Hall–Kier alpha value is -2.30. The van der Waals surface area contributed by atoms with Gasteiger partial charge in [0.25, 0.3) is 0 Å². The Bertz CT molecular complexity index is 661. The first-order chi connectivity index (χ1) is 10.2. The molecular weight excluding hydrogens is 276 g/mol. The second-order valence-electron chi connectivity index (χ2n) is 4.93. The molecule has 1 aliphatic rings. The zero-order chi connectivity index (χ0) is 14.8. The van der Waals surface area contributed by atoms with Gasteiger partial charge in [0.05, 0.1) is 13.7 Å². The van der Waals surface area contributed by atoms with E-state index in [0.717, 1.165) is 17.0 Å². The van der Waals surface area contributed by atoms with E-state index in [1.165, 1.54) is 25.3 Å². The number of benzene rings is 2. The van der Waals surface area contributed by atoms with Crippen LogP contribution in [-0.4, -0.2) is 19.8 Å². The number of fused-ring (bicyclic) bond motifs is 1. The molecule has 0 saturated heterocycles. The van der Waals surface area contributed by atoms with Crippen molar-refractivity contribution in [3.8, 4) is 11.5 Å². The third-order valence-electron chi connectivity index (χ3n) is 3.45. The summed E-state index contributed by atoms with van der Waals surface area (Å²) in [5, 5.41) is 3.17. The SMILES string of the molecule is COc1cc(NCC2Cc3cc(F)ccc3O2)ccc1F. The molecule has 5 heteroatoms. The van der Waals surface area contributed by atoms with E-state index in [2.05, 4.69) is 5.32 Å². The Morgan fingerprint density at radius 2 is 2.10 bits per heavy atom. The van der Waals surface area contributed by atoms with Gasteiger partial charge in [0.2, 0.25) is 0 Å². The lowest BCUT2D eigenvalue weighted by Crippen LogP contribution is -2.23. The second kappa shape index (κ2) is 5.60. The highest BCUT2D eigenvalue weighted by Gasteiger charge is 2.23. The Morgan fingerprint density at radius 3 is 2.90 bits per heavy atom. The number of methoxy groups -OCH3 is 1. The van der Waals surface area contributed by atoms with Crippen molar-refractivity contribution in [3.63, 3.8) is 0 Å². The van der Waals surface area contributed by atoms with Gasteiger partial charge in [-0.25, -0.2) is 8.78 Å². The molecule has 1 atom stereocenters. The fourth-order valence-electron chi connectivity index (χ4n) is 2.40. The van der Waals surface area contributed by atoms with Gasteiger partial charge < -0.3 is 14.8 Å². The Kier molecular flexibility index (Phi) is 3.64. The van der Waals surface area contributed by atoms with Gasteiger partial charge in [0, 0.05) is 23.7 Å². The van der Waals surface area contributed by atoms with Crippen LogP contribution in [0.4, 0.5) is 14.5 Å². The maximum atomic E-state index is 13.3. The molecule has 0 saturated carbocycles. The number of rotatable bonds is 4. The van der Waals surface area contributed by atoms with Gasteiger partial charge in [-0.3, -0.25) is 0 Å². The summed E-state index contributed by atoms with van der Waals surface area (Å²) in [5.74, 6) is 0.259. The lowest BCUT2D eigenvalue weighted by atomic mass is 10.1. The largest absolute Gasteiger partial charge is 0.494 e. The van der Waals surface area contributed by atoms with Crippen molar-refractivity contribution in [1.29, 1.82) is 0 Å². The lowest BCUT2D eigenvalue weighted by Gasteiger charge is -2.13. The first kappa shape index (κ1) is 13.7. The van der Waals surface area contributed by atoms with Crippen molar-refractivity contribution < 1.29 is 18.3 Å². The van der Waals surface area contributed by atoms with Crippen LogP contribution in [0.15, 0.2) is 36.4 Å². The highest BCUT2D eigenvalue weighted by Crippen LogP contribution is 2.29. The maximum Gasteiger partial charge on any atom is 0.165 e. The van der Waals surface area contributed by atoms with E-state index in [-0.39, 0.29) is 17.7 Å². The van der Waals surface area contributed by atoms with Crippen LogP contribution in [0.5, 0.6) is 11.5 Å².